The molecule has 0 aliphatic carbocycles. The van der Waals surface area contributed by atoms with Gasteiger partial charge in [0.15, 0.2) is 0 Å². The van der Waals surface area contributed by atoms with Crippen LogP contribution in [0.1, 0.15) is 28.9 Å². The first-order chi connectivity index (χ1) is 12.4. The Morgan fingerprint density at radius 3 is 2.58 bits per heavy atom. The molecule has 0 radical (unpaired) electrons. The predicted octanol–water partition coefficient (Wildman–Crippen LogP) is 1.57. The Labute approximate surface area is 153 Å². The molecule has 0 aliphatic rings. The van der Waals surface area contributed by atoms with E-state index in [1.54, 1.807) is 11.9 Å². The minimum atomic E-state index is -0.866. The van der Waals surface area contributed by atoms with E-state index < -0.39 is 5.97 Å². The largest absolute Gasteiger partial charge is 0.481 e. The standard InChI is InChI=1S/C19H26N4O3/c1-14-17(11-20-18(24)13-22(3)10-9-19(25)26)15(2)23(21-14)12-16-7-5-4-6-8-16/h4-8H,9-13H2,1-3H3,(H,20,24)(H,25,26). The van der Waals surface area contributed by atoms with Gasteiger partial charge in [0.1, 0.15) is 0 Å². The number of likely N-dealkylation sites (N-methyl/N-ethyl adjacent to an activating group) is 1. The van der Waals surface area contributed by atoms with Gasteiger partial charge in [-0.15, -0.1) is 0 Å². The lowest BCUT2D eigenvalue weighted by Gasteiger charge is -2.15. The summed E-state index contributed by atoms with van der Waals surface area (Å²) in [7, 11) is 1.73. The Balaban J connectivity index is 1.91. The van der Waals surface area contributed by atoms with Gasteiger partial charge < -0.3 is 10.4 Å². The van der Waals surface area contributed by atoms with Crippen molar-refractivity contribution >= 4 is 11.9 Å². The van der Waals surface area contributed by atoms with Crippen molar-refractivity contribution in [2.45, 2.75) is 33.4 Å². The van der Waals surface area contributed by atoms with Crippen LogP contribution in [-0.4, -0.2) is 51.8 Å². The molecular formula is C19H26N4O3. The van der Waals surface area contributed by atoms with Gasteiger partial charge in [-0.3, -0.25) is 19.2 Å². The molecule has 140 valence electrons. The number of benzene rings is 1. The van der Waals surface area contributed by atoms with E-state index in [-0.39, 0.29) is 18.9 Å². The predicted molar refractivity (Wildman–Crippen MR) is 98.8 cm³/mol. The van der Waals surface area contributed by atoms with Crippen LogP contribution in [0, 0.1) is 13.8 Å². The van der Waals surface area contributed by atoms with Gasteiger partial charge in [0, 0.05) is 24.3 Å². The minimum Gasteiger partial charge on any atom is -0.481 e. The highest BCUT2D eigenvalue weighted by molar-refractivity contribution is 5.78. The molecule has 2 N–H and O–H groups in total. The maximum Gasteiger partial charge on any atom is 0.304 e. The average Bonchev–Trinajstić information content (AvgIpc) is 2.85. The van der Waals surface area contributed by atoms with Crippen molar-refractivity contribution in [1.29, 1.82) is 0 Å². The molecule has 0 saturated carbocycles. The lowest BCUT2D eigenvalue weighted by atomic mass is 10.2. The number of aromatic nitrogens is 2. The summed E-state index contributed by atoms with van der Waals surface area (Å²) in [6, 6.07) is 10.1. The van der Waals surface area contributed by atoms with Gasteiger partial charge in [-0.05, 0) is 26.5 Å². The SMILES string of the molecule is Cc1nn(Cc2ccccc2)c(C)c1CNC(=O)CN(C)CCC(=O)O. The number of nitrogens with zero attached hydrogens (tertiary/aromatic N) is 3. The lowest BCUT2D eigenvalue weighted by Crippen LogP contribution is -2.35. The topological polar surface area (TPSA) is 87.5 Å². The highest BCUT2D eigenvalue weighted by Crippen LogP contribution is 2.14. The molecule has 0 fully saturated rings. The van der Waals surface area contributed by atoms with Crippen molar-refractivity contribution < 1.29 is 14.7 Å². The van der Waals surface area contributed by atoms with Crippen molar-refractivity contribution in [3.05, 3.63) is 52.8 Å². The summed E-state index contributed by atoms with van der Waals surface area (Å²) in [5.41, 5.74) is 4.13. The Morgan fingerprint density at radius 2 is 1.92 bits per heavy atom. The molecule has 0 spiro atoms. The van der Waals surface area contributed by atoms with Crippen LogP contribution in [0.3, 0.4) is 0 Å². The van der Waals surface area contributed by atoms with Crippen molar-refractivity contribution in [2.24, 2.45) is 0 Å². The first-order valence-corrected chi connectivity index (χ1v) is 8.60. The fraction of sp³-hybridized carbons (Fsp3) is 0.421. The molecule has 7 heteroatoms. The second-order valence-corrected chi connectivity index (χ2v) is 6.45. The fourth-order valence-corrected chi connectivity index (χ4v) is 2.75. The Kier molecular flexibility index (Phi) is 6.91. The van der Waals surface area contributed by atoms with Gasteiger partial charge in [-0.1, -0.05) is 30.3 Å². The molecule has 1 aromatic carbocycles. The second-order valence-electron chi connectivity index (χ2n) is 6.45. The van der Waals surface area contributed by atoms with E-state index in [4.69, 9.17) is 5.11 Å². The number of carbonyl (C=O) groups is 2. The monoisotopic (exact) mass is 358 g/mol. The number of hydrogen-bond donors (Lipinski definition) is 2. The van der Waals surface area contributed by atoms with Gasteiger partial charge in [-0.25, -0.2) is 0 Å². The number of aryl methyl sites for hydroxylation is 1. The summed E-state index contributed by atoms with van der Waals surface area (Å²) in [6.07, 6.45) is 0.0221. The number of carboxylic acid groups (broad SMARTS) is 1. The summed E-state index contributed by atoms with van der Waals surface area (Å²) >= 11 is 0. The first-order valence-electron chi connectivity index (χ1n) is 8.60. The third kappa shape index (κ3) is 5.70. The van der Waals surface area contributed by atoms with Crippen molar-refractivity contribution in [2.75, 3.05) is 20.1 Å². The third-order valence-corrected chi connectivity index (χ3v) is 4.29. The molecule has 0 aliphatic heterocycles. The smallest absolute Gasteiger partial charge is 0.304 e. The number of amides is 1. The number of hydrogen-bond acceptors (Lipinski definition) is 4. The number of carbonyl (C=O) groups excluding carboxylic acids is 1. The minimum absolute atomic E-state index is 0.0221. The first kappa shape index (κ1) is 19.7. The normalized spacial score (nSPS) is 10.9. The third-order valence-electron chi connectivity index (χ3n) is 4.29. The van der Waals surface area contributed by atoms with Gasteiger partial charge in [0.25, 0.3) is 0 Å². The van der Waals surface area contributed by atoms with E-state index in [0.29, 0.717) is 19.6 Å². The summed E-state index contributed by atoms with van der Waals surface area (Å²) < 4.78 is 1.95. The van der Waals surface area contributed by atoms with Crippen molar-refractivity contribution in [3.8, 4) is 0 Å². The van der Waals surface area contributed by atoms with Gasteiger partial charge in [-0.2, -0.15) is 5.10 Å². The highest BCUT2D eigenvalue weighted by Gasteiger charge is 2.14. The summed E-state index contributed by atoms with van der Waals surface area (Å²) in [6.45, 7) is 5.56. The zero-order valence-corrected chi connectivity index (χ0v) is 15.5. The molecule has 0 saturated heterocycles. The molecule has 26 heavy (non-hydrogen) atoms. The van der Waals surface area contributed by atoms with Crippen LogP contribution in [0.4, 0.5) is 0 Å². The number of nitrogens with one attached hydrogen (secondary N) is 1. The lowest BCUT2D eigenvalue weighted by molar-refractivity contribution is -0.137. The zero-order chi connectivity index (χ0) is 19.1. The molecule has 1 amide bonds. The maximum atomic E-state index is 12.1. The van der Waals surface area contributed by atoms with Crippen LogP contribution >= 0.6 is 0 Å². The van der Waals surface area contributed by atoms with E-state index in [9.17, 15) is 9.59 Å². The van der Waals surface area contributed by atoms with Crippen molar-refractivity contribution in [1.82, 2.24) is 20.0 Å². The van der Waals surface area contributed by atoms with Crippen LogP contribution in [0.25, 0.3) is 0 Å². The number of rotatable bonds is 9. The summed E-state index contributed by atoms with van der Waals surface area (Å²) in [5.74, 6) is -0.998. The van der Waals surface area contributed by atoms with E-state index in [0.717, 1.165) is 17.0 Å². The molecule has 2 rings (SSSR count). The Bertz CT molecular complexity index is 756. The average molecular weight is 358 g/mol. The van der Waals surface area contributed by atoms with Crippen LogP contribution in [0.5, 0.6) is 0 Å². The molecular weight excluding hydrogens is 332 g/mol. The zero-order valence-electron chi connectivity index (χ0n) is 15.5. The summed E-state index contributed by atoms with van der Waals surface area (Å²) in [4.78, 5) is 24.3. The van der Waals surface area contributed by atoms with Crippen LogP contribution in [0.15, 0.2) is 30.3 Å². The maximum absolute atomic E-state index is 12.1. The van der Waals surface area contributed by atoms with Gasteiger partial charge in [0.2, 0.25) is 5.91 Å². The summed E-state index contributed by atoms with van der Waals surface area (Å²) in [5, 5.41) is 16.2. The van der Waals surface area contributed by atoms with E-state index in [2.05, 4.69) is 22.5 Å². The molecule has 0 atom stereocenters. The van der Waals surface area contributed by atoms with E-state index >= 15 is 0 Å². The molecule has 1 aromatic heterocycles. The van der Waals surface area contributed by atoms with E-state index in [1.165, 1.54) is 5.56 Å². The van der Waals surface area contributed by atoms with Gasteiger partial charge in [0.05, 0.1) is 25.2 Å². The molecule has 0 unspecified atom stereocenters. The van der Waals surface area contributed by atoms with E-state index in [1.807, 2.05) is 36.7 Å². The quantitative estimate of drug-likeness (QED) is 0.710. The Morgan fingerprint density at radius 1 is 1.23 bits per heavy atom. The fourth-order valence-electron chi connectivity index (χ4n) is 2.75. The number of carboxylic acids is 1. The van der Waals surface area contributed by atoms with Gasteiger partial charge >= 0.3 is 5.97 Å². The molecule has 7 nitrogen and oxygen atoms in total. The second kappa shape index (κ2) is 9.15. The molecule has 1 heterocycles. The van der Waals surface area contributed by atoms with Crippen LogP contribution < -0.4 is 5.32 Å². The highest BCUT2D eigenvalue weighted by atomic mass is 16.4. The number of aliphatic carboxylic acids is 1. The van der Waals surface area contributed by atoms with Crippen molar-refractivity contribution in [3.63, 3.8) is 0 Å². The molecule has 2 aromatic rings. The Hall–Kier alpha value is -2.67. The van der Waals surface area contributed by atoms with Crippen LogP contribution in [-0.2, 0) is 22.7 Å². The van der Waals surface area contributed by atoms with Crippen LogP contribution in [0.2, 0.25) is 0 Å². The molecule has 0 bridgehead atoms.